The molecule has 96 valence electrons. The number of rotatable bonds is 2. The summed E-state index contributed by atoms with van der Waals surface area (Å²) in [7, 11) is 0. The normalized spacial score (nSPS) is 18.5. The molecule has 1 saturated heterocycles. The van der Waals surface area contributed by atoms with Crippen molar-refractivity contribution in [3.8, 4) is 0 Å². The van der Waals surface area contributed by atoms with E-state index in [1.807, 2.05) is 0 Å². The van der Waals surface area contributed by atoms with Gasteiger partial charge < -0.3 is 10.3 Å². The Balaban J connectivity index is 2.40. The van der Waals surface area contributed by atoms with Crippen LogP contribution in [0.1, 0.15) is 11.6 Å². The minimum Gasteiger partial charge on any atom is -0.456 e. The average molecular weight is 259 g/mol. The number of carbonyl (C=O) groups is 3. The van der Waals surface area contributed by atoms with Crippen LogP contribution < -0.4 is 0 Å². The number of morpholine rings is 1. The number of hydrogen-bond donors (Lipinski definition) is 0. The van der Waals surface area contributed by atoms with Crippen LogP contribution in [0, 0.1) is 0 Å². The lowest BCUT2D eigenvalue weighted by Crippen LogP contribution is -2.50. The first-order valence-electron chi connectivity index (χ1n) is 5.42. The van der Waals surface area contributed by atoms with Crippen molar-refractivity contribution in [3.05, 3.63) is 41.4 Å². The molecule has 1 aliphatic heterocycles. The van der Waals surface area contributed by atoms with Crippen LogP contribution in [0.25, 0.3) is 5.53 Å². The molecule has 0 radical (unpaired) electrons. The summed E-state index contributed by atoms with van der Waals surface area (Å²) in [5, 5.41) is 0. The van der Waals surface area contributed by atoms with Gasteiger partial charge in [0.05, 0.1) is 6.04 Å². The molecule has 0 spiro atoms. The molecule has 2 amide bonds. The minimum atomic E-state index is -1.10. The third kappa shape index (κ3) is 2.41. The van der Waals surface area contributed by atoms with Crippen molar-refractivity contribution in [2.75, 3.05) is 6.61 Å². The summed E-state index contributed by atoms with van der Waals surface area (Å²) in [5.74, 6) is -3.06. The minimum absolute atomic E-state index is 0.125. The van der Waals surface area contributed by atoms with Gasteiger partial charge in [-0.05, 0) is 5.56 Å². The van der Waals surface area contributed by atoms with Gasteiger partial charge in [0.2, 0.25) is 0 Å². The van der Waals surface area contributed by atoms with Crippen LogP contribution in [-0.4, -0.2) is 40.3 Å². The second-order valence-corrected chi connectivity index (χ2v) is 3.78. The van der Waals surface area contributed by atoms with E-state index in [4.69, 9.17) is 10.3 Å². The number of esters is 1. The maximum atomic E-state index is 11.7. The van der Waals surface area contributed by atoms with Crippen LogP contribution >= 0.6 is 0 Å². The lowest BCUT2D eigenvalue weighted by molar-refractivity contribution is -0.173. The van der Waals surface area contributed by atoms with Crippen LogP contribution in [0.3, 0.4) is 0 Å². The summed E-state index contributed by atoms with van der Waals surface area (Å²) in [5.41, 5.74) is 9.01. The molecule has 0 aliphatic carbocycles. The Morgan fingerprint density at radius 3 is 2.68 bits per heavy atom. The smallest absolute Gasteiger partial charge is 0.397 e. The van der Waals surface area contributed by atoms with E-state index < -0.39 is 23.8 Å². The fourth-order valence-electron chi connectivity index (χ4n) is 1.82. The van der Waals surface area contributed by atoms with Gasteiger partial charge >= 0.3 is 24.0 Å². The first kappa shape index (κ1) is 12.7. The second-order valence-electron chi connectivity index (χ2n) is 3.78. The molecule has 0 aromatic heterocycles. The third-order valence-corrected chi connectivity index (χ3v) is 2.67. The molecule has 0 bridgehead atoms. The number of carbonyl (C=O) groups excluding carboxylic acids is 3. The number of nitrogens with zero attached hydrogens (tertiary/aromatic N) is 3. The number of hydrogen-bond acceptors (Lipinski definition) is 4. The van der Waals surface area contributed by atoms with Crippen molar-refractivity contribution in [1.29, 1.82) is 0 Å². The van der Waals surface area contributed by atoms with Crippen molar-refractivity contribution in [1.82, 2.24) is 4.90 Å². The number of cyclic esters (lactones) is 1. The summed E-state index contributed by atoms with van der Waals surface area (Å²) >= 11 is 0. The molecule has 1 atom stereocenters. The predicted octanol–water partition coefficient (Wildman–Crippen LogP) is -0.0597. The van der Waals surface area contributed by atoms with Gasteiger partial charge in [0, 0.05) is 0 Å². The third-order valence-electron chi connectivity index (χ3n) is 2.67. The quantitative estimate of drug-likeness (QED) is 0.244. The maximum absolute atomic E-state index is 11.7. The highest BCUT2D eigenvalue weighted by Crippen LogP contribution is 2.24. The zero-order valence-electron chi connectivity index (χ0n) is 9.72. The highest BCUT2D eigenvalue weighted by Gasteiger charge is 2.41. The van der Waals surface area contributed by atoms with Gasteiger partial charge in [-0.1, -0.05) is 30.3 Å². The summed E-state index contributed by atoms with van der Waals surface area (Å²) in [4.78, 5) is 38.0. The Morgan fingerprint density at radius 2 is 2.05 bits per heavy atom. The van der Waals surface area contributed by atoms with E-state index in [9.17, 15) is 14.4 Å². The van der Waals surface area contributed by atoms with Crippen LogP contribution in [0.15, 0.2) is 30.3 Å². The second kappa shape index (κ2) is 5.24. The van der Waals surface area contributed by atoms with Gasteiger partial charge in [-0.2, -0.15) is 4.79 Å². The Hall–Kier alpha value is -2.79. The Morgan fingerprint density at radius 1 is 1.37 bits per heavy atom. The summed E-state index contributed by atoms with van der Waals surface area (Å²) in [6.07, 6.45) is 0.562. The van der Waals surface area contributed by atoms with Gasteiger partial charge in [0.15, 0.2) is 0 Å². The molecule has 1 heterocycles. The van der Waals surface area contributed by atoms with Gasteiger partial charge in [-0.15, -0.1) is 0 Å². The summed E-state index contributed by atoms with van der Waals surface area (Å²) in [6, 6.07) is 7.93. The van der Waals surface area contributed by atoms with E-state index in [2.05, 4.69) is 4.79 Å². The topological polar surface area (TPSA) is 100 Å². The molecule has 0 unspecified atom stereocenters. The highest BCUT2D eigenvalue weighted by atomic mass is 16.5. The van der Waals surface area contributed by atoms with Crippen molar-refractivity contribution in [2.45, 2.75) is 6.04 Å². The first-order valence-corrected chi connectivity index (χ1v) is 5.42. The number of imide groups is 1. The lowest BCUT2D eigenvalue weighted by atomic mass is 10.0. The Kier molecular flexibility index (Phi) is 3.49. The largest absolute Gasteiger partial charge is 0.456 e. The average Bonchev–Trinajstić information content (AvgIpc) is 2.42. The Bertz CT molecular complexity index is 570. The van der Waals surface area contributed by atoms with Crippen molar-refractivity contribution < 1.29 is 23.9 Å². The van der Waals surface area contributed by atoms with E-state index in [-0.39, 0.29) is 6.61 Å². The molecule has 19 heavy (non-hydrogen) atoms. The van der Waals surface area contributed by atoms with Gasteiger partial charge in [-0.3, -0.25) is 14.5 Å². The predicted molar refractivity (Wildman–Crippen MR) is 61.7 cm³/mol. The monoisotopic (exact) mass is 259 g/mol. The molecule has 1 aromatic rings. The number of amides is 2. The Labute approximate surface area is 108 Å². The maximum Gasteiger partial charge on any atom is 0.397 e. The van der Waals surface area contributed by atoms with E-state index >= 15 is 0 Å². The van der Waals surface area contributed by atoms with Crippen molar-refractivity contribution in [2.24, 2.45) is 0 Å². The van der Waals surface area contributed by atoms with E-state index in [1.165, 1.54) is 0 Å². The van der Waals surface area contributed by atoms with E-state index in [0.717, 1.165) is 4.90 Å². The standard InChI is InChI=1S/C12H9N3O4/c13-14-6-10(16)15-9(7-19-12(18)11(15)17)8-4-2-1-3-5-8/h1-6,9H,7H2/t9-/m0/s1. The van der Waals surface area contributed by atoms with Crippen LogP contribution in [0.4, 0.5) is 0 Å². The SMILES string of the molecule is [N-]=[N+]=CC(=O)N1C(=O)C(=O)OC[C@H]1c1ccccc1. The van der Waals surface area contributed by atoms with Gasteiger partial charge in [-0.25, -0.2) is 4.79 Å². The molecule has 1 aromatic carbocycles. The van der Waals surface area contributed by atoms with E-state index in [1.54, 1.807) is 30.3 Å². The van der Waals surface area contributed by atoms with Crippen molar-refractivity contribution in [3.63, 3.8) is 0 Å². The first-order chi connectivity index (χ1) is 9.15. The fraction of sp³-hybridized carbons (Fsp3) is 0.167. The fourth-order valence-corrected chi connectivity index (χ4v) is 1.82. The molecule has 0 N–H and O–H groups in total. The lowest BCUT2D eigenvalue weighted by Gasteiger charge is -2.31. The van der Waals surface area contributed by atoms with E-state index in [0.29, 0.717) is 11.8 Å². The molecular weight excluding hydrogens is 250 g/mol. The highest BCUT2D eigenvalue weighted by molar-refractivity contribution is 6.41. The molecule has 1 fully saturated rings. The van der Waals surface area contributed by atoms with Crippen LogP contribution in [-0.2, 0) is 19.1 Å². The molecular formula is C12H9N3O4. The number of ether oxygens (including phenoxy) is 1. The van der Waals surface area contributed by atoms with Gasteiger partial charge in [0.25, 0.3) is 0 Å². The molecule has 7 nitrogen and oxygen atoms in total. The van der Waals surface area contributed by atoms with Gasteiger partial charge in [0.1, 0.15) is 6.61 Å². The molecule has 7 heteroatoms. The molecule has 0 saturated carbocycles. The summed E-state index contributed by atoms with van der Waals surface area (Å²) < 4.78 is 4.73. The van der Waals surface area contributed by atoms with Crippen LogP contribution in [0.2, 0.25) is 0 Å². The zero-order chi connectivity index (χ0) is 13.8. The number of benzene rings is 1. The summed E-state index contributed by atoms with van der Waals surface area (Å²) in [6.45, 7) is -0.125. The van der Waals surface area contributed by atoms with Crippen molar-refractivity contribution >= 4 is 24.0 Å². The van der Waals surface area contributed by atoms with Crippen LogP contribution in [0.5, 0.6) is 0 Å². The molecule has 1 aliphatic rings. The molecule has 2 rings (SSSR count). The zero-order valence-corrected chi connectivity index (χ0v) is 9.72.